The van der Waals surface area contributed by atoms with Crippen LogP contribution in [-0.4, -0.2) is 4.92 Å². The van der Waals surface area contributed by atoms with Crippen LogP contribution in [0, 0.1) is 38.7 Å². The SMILES string of the molecule is CC(C)Cc1cc(C#N)cc(CC#N)c1[N+](=O)[O-]. The van der Waals surface area contributed by atoms with Crippen molar-refractivity contribution in [2.75, 3.05) is 0 Å². The van der Waals surface area contributed by atoms with E-state index in [1.165, 1.54) is 6.07 Å². The molecule has 0 saturated carbocycles. The van der Waals surface area contributed by atoms with E-state index in [4.69, 9.17) is 10.5 Å². The van der Waals surface area contributed by atoms with Crippen molar-refractivity contribution in [3.8, 4) is 12.1 Å². The first-order chi connectivity index (χ1) is 8.49. The summed E-state index contributed by atoms with van der Waals surface area (Å²) in [7, 11) is 0. The summed E-state index contributed by atoms with van der Waals surface area (Å²) in [6, 6.07) is 6.83. The van der Waals surface area contributed by atoms with E-state index in [2.05, 4.69) is 0 Å². The number of nitro benzene ring substituents is 1. The van der Waals surface area contributed by atoms with E-state index in [0.29, 0.717) is 23.1 Å². The number of hydrogen-bond acceptors (Lipinski definition) is 4. The fraction of sp³-hybridized carbons (Fsp3) is 0.385. The van der Waals surface area contributed by atoms with Crippen molar-refractivity contribution in [3.63, 3.8) is 0 Å². The van der Waals surface area contributed by atoms with E-state index in [1.807, 2.05) is 26.0 Å². The first-order valence-electron chi connectivity index (χ1n) is 5.56. The lowest BCUT2D eigenvalue weighted by Gasteiger charge is -2.09. The second kappa shape index (κ2) is 5.79. The van der Waals surface area contributed by atoms with E-state index >= 15 is 0 Å². The maximum absolute atomic E-state index is 11.1. The van der Waals surface area contributed by atoms with Gasteiger partial charge in [-0.3, -0.25) is 10.1 Å². The first-order valence-corrected chi connectivity index (χ1v) is 5.56. The van der Waals surface area contributed by atoms with Gasteiger partial charge in [0.15, 0.2) is 0 Å². The van der Waals surface area contributed by atoms with Gasteiger partial charge in [-0.2, -0.15) is 10.5 Å². The molecule has 92 valence electrons. The maximum atomic E-state index is 11.1. The number of nitrogens with zero attached hydrogens (tertiary/aromatic N) is 3. The van der Waals surface area contributed by atoms with Crippen LogP contribution >= 0.6 is 0 Å². The normalized spacial score (nSPS) is 9.83. The fourth-order valence-electron chi connectivity index (χ4n) is 1.87. The lowest BCUT2D eigenvalue weighted by Crippen LogP contribution is -2.04. The van der Waals surface area contributed by atoms with Crippen LogP contribution in [0.25, 0.3) is 0 Å². The quantitative estimate of drug-likeness (QED) is 0.600. The molecule has 1 rings (SSSR count). The average Bonchev–Trinajstić information content (AvgIpc) is 2.27. The Kier molecular flexibility index (Phi) is 4.39. The molecule has 0 aliphatic heterocycles. The highest BCUT2D eigenvalue weighted by atomic mass is 16.6. The van der Waals surface area contributed by atoms with Crippen LogP contribution in [0.4, 0.5) is 5.69 Å². The Labute approximate surface area is 105 Å². The maximum Gasteiger partial charge on any atom is 0.276 e. The fourth-order valence-corrected chi connectivity index (χ4v) is 1.87. The number of rotatable bonds is 4. The van der Waals surface area contributed by atoms with E-state index in [0.717, 1.165) is 0 Å². The van der Waals surface area contributed by atoms with Crippen molar-refractivity contribution in [3.05, 3.63) is 38.9 Å². The van der Waals surface area contributed by atoms with Gasteiger partial charge in [0.05, 0.1) is 29.0 Å². The monoisotopic (exact) mass is 243 g/mol. The second-order valence-corrected chi connectivity index (χ2v) is 4.44. The Morgan fingerprint density at radius 2 is 1.94 bits per heavy atom. The van der Waals surface area contributed by atoms with Crippen LogP contribution in [0.5, 0.6) is 0 Å². The van der Waals surface area contributed by atoms with Gasteiger partial charge in [-0.05, 0) is 24.5 Å². The summed E-state index contributed by atoms with van der Waals surface area (Å²) in [5.74, 6) is 0.243. The van der Waals surface area contributed by atoms with Gasteiger partial charge in [-0.25, -0.2) is 0 Å². The molecule has 5 nitrogen and oxygen atoms in total. The zero-order valence-electron chi connectivity index (χ0n) is 10.3. The van der Waals surface area contributed by atoms with E-state index in [9.17, 15) is 10.1 Å². The van der Waals surface area contributed by atoms with Crippen molar-refractivity contribution in [1.29, 1.82) is 10.5 Å². The Bertz CT molecular complexity index is 551. The van der Waals surface area contributed by atoms with Gasteiger partial charge in [-0.1, -0.05) is 13.8 Å². The third-order valence-corrected chi connectivity index (χ3v) is 2.48. The molecule has 0 amide bonds. The van der Waals surface area contributed by atoms with Crippen molar-refractivity contribution in [2.24, 2.45) is 5.92 Å². The molecule has 0 spiro atoms. The molecule has 0 atom stereocenters. The van der Waals surface area contributed by atoms with Crippen LogP contribution in [0.3, 0.4) is 0 Å². The van der Waals surface area contributed by atoms with Crippen molar-refractivity contribution >= 4 is 5.69 Å². The Hall–Kier alpha value is -2.40. The first kappa shape index (κ1) is 13.7. The molecule has 0 unspecified atom stereocenters. The van der Waals surface area contributed by atoms with Crippen molar-refractivity contribution < 1.29 is 4.92 Å². The third-order valence-electron chi connectivity index (χ3n) is 2.48. The second-order valence-electron chi connectivity index (χ2n) is 4.44. The van der Waals surface area contributed by atoms with Gasteiger partial charge in [0.25, 0.3) is 5.69 Å². The molecule has 0 saturated heterocycles. The number of nitro groups is 1. The van der Waals surface area contributed by atoms with Crippen LogP contribution in [0.2, 0.25) is 0 Å². The summed E-state index contributed by atoms with van der Waals surface area (Å²) in [5, 5.41) is 28.7. The predicted octanol–water partition coefficient (Wildman–Crippen LogP) is 2.73. The molecule has 1 aromatic rings. The molecule has 0 heterocycles. The average molecular weight is 243 g/mol. The summed E-state index contributed by atoms with van der Waals surface area (Å²) in [4.78, 5) is 10.6. The molecule has 0 aromatic heterocycles. The van der Waals surface area contributed by atoms with Crippen LogP contribution in [0.15, 0.2) is 12.1 Å². The van der Waals surface area contributed by atoms with Crippen molar-refractivity contribution in [1.82, 2.24) is 0 Å². The molecule has 0 bridgehead atoms. The Morgan fingerprint density at radius 3 is 2.39 bits per heavy atom. The predicted molar refractivity (Wildman–Crippen MR) is 65.7 cm³/mol. The summed E-state index contributed by atoms with van der Waals surface area (Å²) >= 11 is 0. The number of nitriles is 2. The van der Waals surface area contributed by atoms with Crippen molar-refractivity contribution in [2.45, 2.75) is 26.7 Å². The Morgan fingerprint density at radius 1 is 1.33 bits per heavy atom. The van der Waals surface area contributed by atoms with Gasteiger partial charge < -0.3 is 0 Å². The molecule has 0 fully saturated rings. The van der Waals surface area contributed by atoms with Gasteiger partial charge >= 0.3 is 0 Å². The van der Waals surface area contributed by atoms with Crippen LogP contribution in [0.1, 0.15) is 30.5 Å². The third kappa shape index (κ3) is 3.05. The lowest BCUT2D eigenvalue weighted by molar-refractivity contribution is -0.386. The minimum atomic E-state index is -0.467. The van der Waals surface area contributed by atoms with Gasteiger partial charge in [0.1, 0.15) is 0 Å². The molecule has 0 aliphatic rings. The summed E-state index contributed by atoms with van der Waals surface area (Å²) in [6.45, 7) is 3.90. The zero-order chi connectivity index (χ0) is 13.7. The molecule has 0 radical (unpaired) electrons. The minimum absolute atomic E-state index is 0.0238. The highest BCUT2D eigenvalue weighted by Gasteiger charge is 2.21. The molecule has 18 heavy (non-hydrogen) atoms. The minimum Gasteiger partial charge on any atom is -0.258 e. The molecular formula is C13H13N3O2. The topological polar surface area (TPSA) is 90.7 Å². The lowest BCUT2D eigenvalue weighted by atomic mass is 9.95. The summed E-state index contributed by atoms with van der Waals surface area (Å²) in [6.07, 6.45) is 0.460. The van der Waals surface area contributed by atoms with Gasteiger partial charge in [0, 0.05) is 11.1 Å². The van der Waals surface area contributed by atoms with E-state index in [1.54, 1.807) is 6.07 Å². The van der Waals surface area contributed by atoms with Crippen LogP contribution < -0.4 is 0 Å². The molecular weight excluding hydrogens is 230 g/mol. The van der Waals surface area contributed by atoms with Gasteiger partial charge in [0.2, 0.25) is 0 Å². The van der Waals surface area contributed by atoms with E-state index < -0.39 is 4.92 Å². The van der Waals surface area contributed by atoms with Crippen LogP contribution in [-0.2, 0) is 12.8 Å². The standard InChI is InChI=1S/C13H13N3O2/c1-9(2)5-12-7-10(8-15)6-11(3-4-14)13(12)16(17)18/h6-7,9H,3,5H2,1-2H3. The molecule has 0 aliphatic carbocycles. The highest BCUT2D eigenvalue weighted by Crippen LogP contribution is 2.28. The number of benzene rings is 1. The molecule has 1 aromatic carbocycles. The largest absolute Gasteiger partial charge is 0.276 e. The summed E-state index contributed by atoms with van der Waals surface area (Å²) < 4.78 is 0. The number of hydrogen-bond donors (Lipinski definition) is 0. The van der Waals surface area contributed by atoms with Gasteiger partial charge in [-0.15, -0.1) is 0 Å². The Balaban J connectivity index is 3.46. The summed E-state index contributed by atoms with van der Waals surface area (Å²) in [5.41, 5.74) is 1.18. The zero-order valence-corrected chi connectivity index (χ0v) is 10.3. The highest BCUT2D eigenvalue weighted by molar-refractivity contribution is 5.54. The molecule has 5 heteroatoms. The smallest absolute Gasteiger partial charge is 0.258 e. The van der Waals surface area contributed by atoms with E-state index in [-0.39, 0.29) is 18.0 Å². The molecule has 0 N–H and O–H groups in total.